The van der Waals surface area contributed by atoms with Crippen LogP contribution in [-0.4, -0.2) is 76.2 Å². The number of nitrogens with zero attached hydrogens (tertiary/aromatic N) is 5. The number of nitrogens with one attached hydrogen (secondary N) is 2. The zero-order chi connectivity index (χ0) is 23.4. The molecular formula is C22H34FN7O3. The fraction of sp³-hybridized carbons (Fsp3) is 0.727. The third-order valence-corrected chi connectivity index (χ3v) is 7.13. The highest BCUT2D eigenvalue weighted by Gasteiger charge is 2.33. The predicted octanol–water partition coefficient (Wildman–Crippen LogP) is 1.70. The Kier molecular flexibility index (Phi) is 7.59. The van der Waals surface area contributed by atoms with Gasteiger partial charge in [0.1, 0.15) is 5.82 Å². The van der Waals surface area contributed by atoms with Crippen molar-refractivity contribution in [1.82, 2.24) is 25.4 Å². The second-order valence-electron chi connectivity index (χ2n) is 9.46. The maximum Gasteiger partial charge on any atom is 0.243 e. The van der Waals surface area contributed by atoms with Crippen molar-refractivity contribution < 1.29 is 19.2 Å². The van der Waals surface area contributed by atoms with Gasteiger partial charge in [0.15, 0.2) is 11.6 Å². The van der Waals surface area contributed by atoms with Gasteiger partial charge in [-0.15, -0.1) is 0 Å². The number of hydrazine groups is 1. The molecule has 1 aromatic rings. The zero-order valence-electron chi connectivity index (χ0n) is 19.2. The smallest absolute Gasteiger partial charge is 0.243 e. The van der Waals surface area contributed by atoms with E-state index in [9.17, 15) is 14.8 Å². The quantitative estimate of drug-likeness (QED) is 0.288. The first-order chi connectivity index (χ1) is 15.9. The van der Waals surface area contributed by atoms with E-state index in [1.165, 1.54) is 6.42 Å². The summed E-state index contributed by atoms with van der Waals surface area (Å²) in [6.07, 6.45) is 7.41. The van der Waals surface area contributed by atoms with E-state index in [-0.39, 0.29) is 24.6 Å². The molecule has 0 spiro atoms. The van der Waals surface area contributed by atoms with Crippen molar-refractivity contribution in [1.29, 1.82) is 0 Å². The summed E-state index contributed by atoms with van der Waals surface area (Å²) < 4.78 is 15.3. The van der Waals surface area contributed by atoms with Crippen LogP contribution in [0.2, 0.25) is 0 Å². The molecule has 10 nitrogen and oxygen atoms in total. The summed E-state index contributed by atoms with van der Waals surface area (Å²) in [6, 6.07) is 0.417. The summed E-state index contributed by atoms with van der Waals surface area (Å²) in [5.41, 5.74) is 5.16. The number of hydrogen-bond acceptors (Lipinski definition) is 8. The van der Waals surface area contributed by atoms with Gasteiger partial charge in [0.25, 0.3) is 0 Å². The van der Waals surface area contributed by atoms with Gasteiger partial charge in [-0.2, -0.15) is 4.39 Å². The first-order valence-electron chi connectivity index (χ1n) is 11.9. The lowest BCUT2D eigenvalue weighted by Crippen LogP contribution is -2.50. The lowest BCUT2D eigenvalue weighted by Gasteiger charge is -2.38. The van der Waals surface area contributed by atoms with Crippen LogP contribution < -0.4 is 15.8 Å². The summed E-state index contributed by atoms with van der Waals surface area (Å²) in [7, 11) is 0. The monoisotopic (exact) mass is 463 g/mol. The number of amides is 2. The van der Waals surface area contributed by atoms with E-state index in [0.717, 1.165) is 51.7 Å². The number of aromatic nitrogens is 2. The molecule has 1 aromatic heterocycles. The van der Waals surface area contributed by atoms with Gasteiger partial charge in [0, 0.05) is 25.7 Å². The highest BCUT2D eigenvalue weighted by Crippen LogP contribution is 2.31. The number of carbonyl (C=O) groups is 2. The van der Waals surface area contributed by atoms with Crippen molar-refractivity contribution >= 4 is 24.0 Å². The molecule has 1 saturated carbocycles. The molecule has 3 N–H and O–H groups in total. The summed E-state index contributed by atoms with van der Waals surface area (Å²) in [4.78, 5) is 36.6. The molecule has 182 valence electrons. The minimum atomic E-state index is -0.614. The van der Waals surface area contributed by atoms with Crippen LogP contribution in [0.1, 0.15) is 50.8 Å². The maximum absolute atomic E-state index is 15.3. The topological polar surface area (TPSA) is 114 Å². The van der Waals surface area contributed by atoms with Crippen LogP contribution in [0.15, 0.2) is 0 Å². The van der Waals surface area contributed by atoms with Gasteiger partial charge in [-0.1, -0.05) is 25.7 Å². The van der Waals surface area contributed by atoms with Gasteiger partial charge in [-0.25, -0.2) is 15.0 Å². The third kappa shape index (κ3) is 5.70. The van der Waals surface area contributed by atoms with E-state index >= 15 is 4.39 Å². The average molecular weight is 464 g/mol. The Morgan fingerprint density at radius 3 is 2.79 bits per heavy atom. The number of halogens is 1. The summed E-state index contributed by atoms with van der Waals surface area (Å²) in [6.45, 7) is 4.97. The molecule has 3 aliphatic rings. The number of hydroxylamine groups is 2. The number of rotatable bonds is 9. The third-order valence-electron chi connectivity index (χ3n) is 7.13. The minimum Gasteiger partial charge on any atom is -0.351 e. The number of anilines is 2. The van der Waals surface area contributed by atoms with Crippen LogP contribution in [0.3, 0.4) is 0 Å². The van der Waals surface area contributed by atoms with Gasteiger partial charge in [-0.3, -0.25) is 30.5 Å². The van der Waals surface area contributed by atoms with Crippen molar-refractivity contribution in [2.45, 2.75) is 57.9 Å². The van der Waals surface area contributed by atoms with Crippen molar-refractivity contribution in [3.63, 3.8) is 0 Å². The number of hydrogen-bond donors (Lipinski definition) is 3. The van der Waals surface area contributed by atoms with E-state index in [1.807, 2.05) is 4.90 Å². The van der Waals surface area contributed by atoms with Crippen LogP contribution in [-0.2, 0) is 9.59 Å². The molecular weight excluding hydrogens is 429 g/mol. The number of aryl methyl sites for hydroxylation is 1. The molecule has 0 aromatic carbocycles. The molecule has 2 amide bonds. The van der Waals surface area contributed by atoms with Gasteiger partial charge in [0.2, 0.25) is 18.1 Å². The Bertz CT molecular complexity index is 852. The SMILES string of the molecule is Cc1nc(NNC(=O)[C@@H](CC2CCCC2)CN(O)C=O)c(F)c(N2CCN3CCC[C@@H]3C2)n1. The van der Waals surface area contributed by atoms with Crippen molar-refractivity contribution in [2.24, 2.45) is 11.8 Å². The maximum atomic E-state index is 15.3. The van der Waals surface area contributed by atoms with E-state index in [4.69, 9.17) is 0 Å². The molecule has 2 saturated heterocycles. The van der Waals surface area contributed by atoms with Crippen molar-refractivity contribution in [3.8, 4) is 0 Å². The Balaban J connectivity index is 1.42. The molecule has 33 heavy (non-hydrogen) atoms. The van der Waals surface area contributed by atoms with Crippen molar-refractivity contribution in [2.75, 3.05) is 43.0 Å². The van der Waals surface area contributed by atoms with Crippen LogP contribution in [0.4, 0.5) is 16.0 Å². The number of piperazine rings is 1. The first-order valence-corrected chi connectivity index (χ1v) is 11.9. The number of fused-ring (bicyclic) bond motifs is 1. The lowest BCUT2D eigenvalue weighted by molar-refractivity contribution is -0.154. The van der Waals surface area contributed by atoms with Crippen LogP contribution in [0.25, 0.3) is 0 Å². The molecule has 3 heterocycles. The Hall–Kier alpha value is -2.53. The first kappa shape index (κ1) is 23.6. The van der Waals surface area contributed by atoms with E-state index in [1.54, 1.807) is 6.92 Å². The Morgan fingerprint density at radius 2 is 2.03 bits per heavy atom. The normalized spacial score (nSPS) is 22.2. The molecule has 2 aliphatic heterocycles. The van der Waals surface area contributed by atoms with Crippen LogP contribution in [0, 0.1) is 24.6 Å². The predicted molar refractivity (Wildman–Crippen MR) is 120 cm³/mol. The fourth-order valence-electron chi connectivity index (χ4n) is 5.42. The highest BCUT2D eigenvalue weighted by molar-refractivity contribution is 5.80. The second-order valence-corrected chi connectivity index (χ2v) is 9.46. The zero-order valence-corrected chi connectivity index (χ0v) is 19.2. The van der Waals surface area contributed by atoms with Gasteiger partial charge in [0.05, 0.1) is 12.5 Å². The molecule has 2 atom stereocenters. The van der Waals surface area contributed by atoms with Gasteiger partial charge >= 0.3 is 0 Å². The van der Waals surface area contributed by atoms with Crippen LogP contribution >= 0.6 is 0 Å². The van der Waals surface area contributed by atoms with E-state index in [0.29, 0.717) is 35.8 Å². The molecule has 4 rings (SSSR count). The molecule has 0 unspecified atom stereocenters. The van der Waals surface area contributed by atoms with Gasteiger partial charge in [-0.05, 0) is 38.6 Å². The second kappa shape index (κ2) is 10.6. The fourth-order valence-corrected chi connectivity index (χ4v) is 5.42. The molecule has 11 heteroatoms. The molecule has 0 radical (unpaired) electrons. The summed E-state index contributed by atoms with van der Waals surface area (Å²) in [5.74, 6) is -0.694. The standard InChI is InChI=1S/C22H34FN7O3/c1-15-24-20(19(23)21(25-15)29-10-9-28-8-4-7-18(28)13-29)26-27-22(32)17(12-30(33)14-31)11-16-5-2-3-6-16/h14,16-18,33H,2-13H2,1H3,(H,27,32)(H,24,25,26)/t17-,18+/m0/s1. The van der Waals surface area contributed by atoms with E-state index in [2.05, 4.69) is 25.7 Å². The summed E-state index contributed by atoms with van der Waals surface area (Å²) >= 11 is 0. The molecule has 0 bridgehead atoms. The minimum absolute atomic E-state index is 0.0874. The van der Waals surface area contributed by atoms with Crippen molar-refractivity contribution in [3.05, 3.63) is 11.6 Å². The number of carbonyl (C=O) groups excluding carboxylic acids is 2. The van der Waals surface area contributed by atoms with E-state index < -0.39 is 17.6 Å². The Morgan fingerprint density at radius 1 is 1.24 bits per heavy atom. The van der Waals surface area contributed by atoms with Gasteiger partial charge < -0.3 is 4.90 Å². The highest BCUT2D eigenvalue weighted by atomic mass is 19.1. The molecule has 1 aliphatic carbocycles. The lowest BCUT2D eigenvalue weighted by atomic mass is 9.92. The largest absolute Gasteiger partial charge is 0.351 e. The molecule has 3 fully saturated rings. The van der Waals surface area contributed by atoms with Crippen LogP contribution in [0.5, 0.6) is 0 Å². The summed E-state index contributed by atoms with van der Waals surface area (Å²) in [5, 5.41) is 10.1. The average Bonchev–Trinajstić information content (AvgIpc) is 3.50. The Labute approximate surface area is 193 Å².